The predicted octanol–water partition coefficient (Wildman–Crippen LogP) is 0.643. The molecule has 0 saturated heterocycles. The molecule has 3 heteroatoms. The summed E-state index contributed by atoms with van der Waals surface area (Å²) in [5.41, 5.74) is 2.02. The molecule has 1 rings (SSSR count). The van der Waals surface area contributed by atoms with Crippen LogP contribution >= 0.6 is 0 Å². The van der Waals surface area contributed by atoms with Gasteiger partial charge in [-0.3, -0.25) is 4.98 Å². The highest BCUT2D eigenvalue weighted by molar-refractivity contribution is 5.20. The Balaban J connectivity index is 2.92. The Bertz CT molecular complexity index is 246. The van der Waals surface area contributed by atoms with Gasteiger partial charge in [-0.25, -0.2) is 0 Å². The van der Waals surface area contributed by atoms with Crippen LogP contribution in [0.2, 0.25) is 0 Å². The molecule has 0 aromatic carbocycles. The van der Waals surface area contributed by atoms with Crippen LogP contribution in [-0.2, 0) is 0 Å². The quantitative estimate of drug-likeness (QED) is 0.692. The first-order valence-corrected chi connectivity index (χ1v) is 3.99. The Morgan fingerprint density at radius 2 is 2.42 bits per heavy atom. The standard InChI is InChI=1S/C9H14N2O/c1-7-4-3-5-11-9(7)8(6-12)10-2/h3-5,8,10,12H,6H2,1-2H3/t8-/m1/s1. The highest BCUT2D eigenvalue weighted by Gasteiger charge is 2.10. The zero-order valence-electron chi connectivity index (χ0n) is 7.41. The maximum absolute atomic E-state index is 9.00. The fourth-order valence-electron chi connectivity index (χ4n) is 1.18. The minimum atomic E-state index is -0.0498. The molecule has 0 aliphatic rings. The van der Waals surface area contributed by atoms with Crippen LogP contribution in [0.4, 0.5) is 0 Å². The molecule has 0 amide bonds. The van der Waals surface area contributed by atoms with Crippen molar-refractivity contribution >= 4 is 0 Å². The number of aryl methyl sites for hydroxylation is 1. The van der Waals surface area contributed by atoms with E-state index in [1.807, 2.05) is 26.1 Å². The predicted molar refractivity (Wildman–Crippen MR) is 47.9 cm³/mol. The lowest BCUT2D eigenvalue weighted by Gasteiger charge is -2.14. The Morgan fingerprint density at radius 1 is 1.67 bits per heavy atom. The lowest BCUT2D eigenvalue weighted by atomic mass is 10.1. The Kier molecular flexibility index (Phi) is 3.19. The number of aliphatic hydroxyl groups excluding tert-OH is 1. The van der Waals surface area contributed by atoms with Crippen molar-refractivity contribution in [3.8, 4) is 0 Å². The Labute approximate surface area is 72.5 Å². The van der Waals surface area contributed by atoms with Gasteiger partial charge >= 0.3 is 0 Å². The molecule has 1 heterocycles. The van der Waals surface area contributed by atoms with Crippen molar-refractivity contribution in [2.45, 2.75) is 13.0 Å². The molecule has 1 atom stereocenters. The molecule has 1 aromatic heterocycles. The van der Waals surface area contributed by atoms with Gasteiger partial charge in [0.25, 0.3) is 0 Å². The van der Waals surface area contributed by atoms with Crippen molar-refractivity contribution in [2.75, 3.05) is 13.7 Å². The number of nitrogens with one attached hydrogen (secondary N) is 1. The molecular formula is C9H14N2O. The first kappa shape index (κ1) is 9.16. The van der Waals surface area contributed by atoms with E-state index in [2.05, 4.69) is 10.3 Å². The summed E-state index contributed by atoms with van der Waals surface area (Å²) in [4.78, 5) is 4.20. The fourth-order valence-corrected chi connectivity index (χ4v) is 1.18. The van der Waals surface area contributed by atoms with Crippen LogP contribution in [0.3, 0.4) is 0 Å². The molecule has 2 N–H and O–H groups in total. The van der Waals surface area contributed by atoms with E-state index in [4.69, 9.17) is 5.11 Å². The smallest absolute Gasteiger partial charge is 0.0730 e. The van der Waals surface area contributed by atoms with Crippen LogP contribution in [0.15, 0.2) is 18.3 Å². The van der Waals surface area contributed by atoms with Gasteiger partial charge in [-0.1, -0.05) is 6.07 Å². The van der Waals surface area contributed by atoms with Crippen molar-refractivity contribution in [3.05, 3.63) is 29.6 Å². The summed E-state index contributed by atoms with van der Waals surface area (Å²) in [7, 11) is 1.81. The molecule has 0 bridgehead atoms. The number of aliphatic hydroxyl groups is 1. The molecule has 66 valence electrons. The van der Waals surface area contributed by atoms with Crippen molar-refractivity contribution in [3.63, 3.8) is 0 Å². The molecule has 0 spiro atoms. The molecule has 0 radical (unpaired) electrons. The van der Waals surface area contributed by atoms with Gasteiger partial charge < -0.3 is 10.4 Å². The van der Waals surface area contributed by atoms with E-state index >= 15 is 0 Å². The highest BCUT2D eigenvalue weighted by Crippen LogP contribution is 2.12. The van der Waals surface area contributed by atoms with Crippen LogP contribution in [0.25, 0.3) is 0 Å². The third kappa shape index (κ3) is 1.81. The number of hydrogen-bond acceptors (Lipinski definition) is 3. The summed E-state index contributed by atoms with van der Waals surface area (Å²) >= 11 is 0. The van der Waals surface area contributed by atoms with Crippen LogP contribution in [0.1, 0.15) is 17.3 Å². The molecule has 3 nitrogen and oxygen atoms in total. The van der Waals surface area contributed by atoms with Gasteiger partial charge in [0.15, 0.2) is 0 Å². The SMILES string of the molecule is CN[C@H](CO)c1ncccc1C. The summed E-state index contributed by atoms with van der Waals surface area (Å²) in [6.45, 7) is 2.07. The second-order valence-corrected chi connectivity index (χ2v) is 2.73. The van der Waals surface area contributed by atoms with Gasteiger partial charge in [0.05, 0.1) is 18.3 Å². The van der Waals surface area contributed by atoms with Crippen LogP contribution < -0.4 is 5.32 Å². The summed E-state index contributed by atoms with van der Waals surface area (Å²) in [6.07, 6.45) is 1.74. The first-order valence-electron chi connectivity index (χ1n) is 3.99. The van der Waals surface area contributed by atoms with E-state index < -0.39 is 0 Å². The number of likely N-dealkylation sites (N-methyl/N-ethyl adjacent to an activating group) is 1. The topological polar surface area (TPSA) is 45.1 Å². The van der Waals surface area contributed by atoms with E-state index in [1.54, 1.807) is 6.20 Å². The van der Waals surface area contributed by atoms with E-state index in [9.17, 15) is 0 Å². The van der Waals surface area contributed by atoms with Crippen LogP contribution in [0.5, 0.6) is 0 Å². The van der Waals surface area contributed by atoms with Gasteiger partial charge in [0.2, 0.25) is 0 Å². The molecule has 0 aliphatic carbocycles. The highest BCUT2D eigenvalue weighted by atomic mass is 16.3. The zero-order valence-corrected chi connectivity index (χ0v) is 7.41. The van der Waals surface area contributed by atoms with Crippen molar-refractivity contribution < 1.29 is 5.11 Å². The number of hydrogen-bond donors (Lipinski definition) is 2. The summed E-state index contributed by atoms with van der Waals surface area (Å²) < 4.78 is 0. The van der Waals surface area contributed by atoms with Gasteiger partial charge in [-0.15, -0.1) is 0 Å². The second-order valence-electron chi connectivity index (χ2n) is 2.73. The van der Waals surface area contributed by atoms with Crippen LogP contribution in [-0.4, -0.2) is 23.7 Å². The van der Waals surface area contributed by atoms with E-state index in [1.165, 1.54) is 0 Å². The Hall–Kier alpha value is -0.930. The van der Waals surface area contributed by atoms with Gasteiger partial charge in [-0.2, -0.15) is 0 Å². The number of rotatable bonds is 3. The van der Waals surface area contributed by atoms with Gasteiger partial charge in [0.1, 0.15) is 0 Å². The monoisotopic (exact) mass is 166 g/mol. The lowest BCUT2D eigenvalue weighted by Crippen LogP contribution is -2.21. The molecule has 0 unspecified atom stereocenters. The van der Waals surface area contributed by atoms with E-state index in [0.29, 0.717) is 0 Å². The lowest BCUT2D eigenvalue weighted by molar-refractivity contribution is 0.248. The zero-order chi connectivity index (χ0) is 8.97. The number of aromatic nitrogens is 1. The molecule has 0 aliphatic heterocycles. The summed E-state index contributed by atoms with van der Waals surface area (Å²) in [5.74, 6) is 0. The maximum atomic E-state index is 9.00. The summed E-state index contributed by atoms with van der Waals surface area (Å²) in [5, 5.41) is 12.0. The van der Waals surface area contributed by atoms with E-state index in [0.717, 1.165) is 11.3 Å². The molecule has 12 heavy (non-hydrogen) atoms. The van der Waals surface area contributed by atoms with E-state index in [-0.39, 0.29) is 12.6 Å². The third-order valence-electron chi connectivity index (χ3n) is 1.91. The van der Waals surface area contributed by atoms with Crippen molar-refractivity contribution in [1.29, 1.82) is 0 Å². The second kappa shape index (κ2) is 4.18. The van der Waals surface area contributed by atoms with Crippen LogP contribution in [0, 0.1) is 6.92 Å². The molecule has 1 aromatic rings. The van der Waals surface area contributed by atoms with Crippen molar-refractivity contribution in [1.82, 2.24) is 10.3 Å². The maximum Gasteiger partial charge on any atom is 0.0730 e. The third-order valence-corrected chi connectivity index (χ3v) is 1.91. The van der Waals surface area contributed by atoms with Gasteiger partial charge in [0, 0.05) is 6.20 Å². The molecule has 0 fully saturated rings. The molecule has 0 saturated carbocycles. The fraction of sp³-hybridized carbons (Fsp3) is 0.444. The first-order chi connectivity index (χ1) is 5.79. The minimum Gasteiger partial charge on any atom is -0.394 e. The average Bonchev–Trinajstić information content (AvgIpc) is 2.10. The number of nitrogens with zero attached hydrogens (tertiary/aromatic N) is 1. The van der Waals surface area contributed by atoms with Gasteiger partial charge in [-0.05, 0) is 25.6 Å². The van der Waals surface area contributed by atoms with Crippen molar-refractivity contribution in [2.24, 2.45) is 0 Å². The largest absolute Gasteiger partial charge is 0.394 e. The normalized spacial score (nSPS) is 12.9. The number of pyridine rings is 1. The minimum absolute atomic E-state index is 0.0498. The summed E-state index contributed by atoms with van der Waals surface area (Å²) in [6, 6.07) is 3.83. The average molecular weight is 166 g/mol. The molecular weight excluding hydrogens is 152 g/mol. The Morgan fingerprint density at radius 3 is 2.92 bits per heavy atom.